The van der Waals surface area contributed by atoms with Crippen LogP contribution in [-0.4, -0.2) is 23.0 Å². The highest BCUT2D eigenvalue weighted by molar-refractivity contribution is 7.17. The van der Waals surface area contributed by atoms with E-state index in [1.807, 2.05) is 48.5 Å². The SMILES string of the molecule is COc1ccc(-c2nc(C)c(C(=O)OCc3nc4ccccc4o3)s2)cc1. The molecule has 7 heteroatoms. The van der Waals surface area contributed by atoms with Gasteiger partial charge in [-0.15, -0.1) is 11.3 Å². The molecule has 0 atom stereocenters. The maximum Gasteiger partial charge on any atom is 0.350 e. The smallest absolute Gasteiger partial charge is 0.350 e. The number of hydrogen-bond donors (Lipinski definition) is 0. The molecule has 4 aromatic rings. The van der Waals surface area contributed by atoms with E-state index in [0.29, 0.717) is 22.0 Å². The molecule has 0 fully saturated rings. The van der Waals surface area contributed by atoms with E-state index in [1.54, 1.807) is 14.0 Å². The molecule has 0 aliphatic rings. The summed E-state index contributed by atoms with van der Waals surface area (Å²) < 4.78 is 16.1. The highest BCUT2D eigenvalue weighted by atomic mass is 32.1. The minimum Gasteiger partial charge on any atom is -0.497 e. The molecule has 0 unspecified atom stereocenters. The van der Waals surface area contributed by atoms with E-state index in [-0.39, 0.29) is 6.61 Å². The summed E-state index contributed by atoms with van der Waals surface area (Å²) in [6.45, 7) is 1.77. The fourth-order valence-corrected chi connectivity index (χ4v) is 3.58. The van der Waals surface area contributed by atoms with Gasteiger partial charge in [-0.05, 0) is 43.3 Å². The molecule has 6 nitrogen and oxygen atoms in total. The molecular formula is C20H16N2O4S. The van der Waals surface area contributed by atoms with Crippen LogP contribution >= 0.6 is 11.3 Å². The molecule has 0 spiro atoms. The molecule has 0 aliphatic heterocycles. The van der Waals surface area contributed by atoms with E-state index < -0.39 is 5.97 Å². The lowest BCUT2D eigenvalue weighted by molar-refractivity contribution is 0.0445. The number of para-hydroxylation sites is 2. The molecule has 0 radical (unpaired) electrons. The first-order valence-electron chi connectivity index (χ1n) is 8.27. The molecule has 2 aromatic heterocycles. The summed E-state index contributed by atoms with van der Waals surface area (Å²) in [5.41, 5.74) is 2.95. The van der Waals surface area contributed by atoms with Crippen molar-refractivity contribution in [2.45, 2.75) is 13.5 Å². The zero-order valence-corrected chi connectivity index (χ0v) is 15.6. The third-order valence-electron chi connectivity index (χ3n) is 3.98. The van der Waals surface area contributed by atoms with E-state index >= 15 is 0 Å². The summed E-state index contributed by atoms with van der Waals surface area (Å²) >= 11 is 1.30. The molecule has 136 valence electrons. The number of thiazole rings is 1. The van der Waals surface area contributed by atoms with Crippen LogP contribution < -0.4 is 4.74 Å². The molecule has 0 aliphatic carbocycles. The lowest BCUT2D eigenvalue weighted by Gasteiger charge is -2.00. The molecule has 0 saturated heterocycles. The van der Waals surface area contributed by atoms with Crippen LogP contribution in [0.2, 0.25) is 0 Å². The van der Waals surface area contributed by atoms with Gasteiger partial charge in [0.25, 0.3) is 0 Å². The number of oxazole rings is 1. The first kappa shape index (κ1) is 17.2. The second-order valence-corrected chi connectivity index (χ2v) is 6.81. The van der Waals surface area contributed by atoms with Crippen molar-refractivity contribution in [3.63, 3.8) is 0 Å². The first-order chi connectivity index (χ1) is 13.1. The van der Waals surface area contributed by atoms with Crippen molar-refractivity contribution in [2.24, 2.45) is 0 Å². The minimum absolute atomic E-state index is 0.0251. The minimum atomic E-state index is -0.438. The zero-order chi connectivity index (χ0) is 18.8. The average Bonchev–Trinajstić information content (AvgIpc) is 3.29. The van der Waals surface area contributed by atoms with Crippen LogP contribution in [0.5, 0.6) is 5.75 Å². The van der Waals surface area contributed by atoms with Crippen molar-refractivity contribution in [3.8, 4) is 16.3 Å². The highest BCUT2D eigenvalue weighted by Gasteiger charge is 2.18. The second kappa shape index (κ2) is 7.20. The normalized spacial score (nSPS) is 10.9. The summed E-state index contributed by atoms with van der Waals surface area (Å²) in [6, 6.07) is 14.9. The van der Waals surface area contributed by atoms with Crippen molar-refractivity contribution in [1.29, 1.82) is 0 Å². The number of carbonyl (C=O) groups excluding carboxylic acids is 1. The van der Waals surface area contributed by atoms with Gasteiger partial charge in [-0.25, -0.2) is 14.8 Å². The third-order valence-corrected chi connectivity index (χ3v) is 5.17. The Balaban J connectivity index is 1.49. The summed E-state index contributed by atoms with van der Waals surface area (Å²) in [4.78, 5) is 21.7. The van der Waals surface area contributed by atoms with Crippen molar-refractivity contribution in [3.05, 3.63) is 65.0 Å². The molecule has 0 N–H and O–H groups in total. The molecule has 27 heavy (non-hydrogen) atoms. The fraction of sp³-hybridized carbons (Fsp3) is 0.150. The predicted octanol–water partition coefficient (Wildman–Crippen LogP) is 4.63. The van der Waals surface area contributed by atoms with Crippen LogP contribution in [-0.2, 0) is 11.3 Å². The molecule has 2 heterocycles. The lowest BCUT2D eigenvalue weighted by atomic mass is 10.2. The monoisotopic (exact) mass is 380 g/mol. The Morgan fingerprint density at radius 3 is 2.63 bits per heavy atom. The summed E-state index contributed by atoms with van der Waals surface area (Å²) in [7, 11) is 1.62. The Bertz CT molecular complexity index is 1070. The van der Waals surface area contributed by atoms with Gasteiger partial charge in [0, 0.05) is 5.56 Å². The number of rotatable bonds is 5. The number of fused-ring (bicyclic) bond motifs is 1. The van der Waals surface area contributed by atoms with Crippen LogP contribution in [0.4, 0.5) is 0 Å². The predicted molar refractivity (Wildman–Crippen MR) is 102 cm³/mol. The summed E-state index contributed by atoms with van der Waals surface area (Å²) in [5, 5.41) is 0.754. The molecule has 0 saturated carbocycles. The van der Waals surface area contributed by atoms with Crippen molar-refractivity contribution < 1.29 is 18.7 Å². The average molecular weight is 380 g/mol. The van der Waals surface area contributed by atoms with Gasteiger partial charge in [-0.3, -0.25) is 0 Å². The number of hydrogen-bond acceptors (Lipinski definition) is 7. The van der Waals surface area contributed by atoms with Crippen molar-refractivity contribution in [1.82, 2.24) is 9.97 Å². The Morgan fingerprint density at radius 1 is 1.11 bits per heavy atom. The highest BCUT2D eigenvalue weighted by Crippen LogP contribution is 2.30. The standard InChI is InChI=1S/C20H16N2O4S/c1-12-18(27-19(21-12)13-7-9-14(24-2)10-8-13)20(23)25-11-17-22-15-5-3-4-6-16(15)26-17/h3-10H,11H2,1-2H3. The number of nitrogens with zero attached hydrogens (tertiary/aromatic N) is 2. The summed E-state index contributed by atoms with van der Waals surface area (Å²) in [6.07, 6.45) is 0. The van der Waals surface area contributed by atoms with Crippen LogP contribution in [0, 0.1) is 6.92 Å². The zero-order valence-electron chi connectivity index (χ0n) is 14.8. The van der Waals surface area contributed by atoms with Crippen LogP contribution in [0.3, 0.4) is 0 Å². The van der Waals surface area contributed by atoms with Crippen LogP contribution in [0.25, 0.3) is 21.7 Å². The molecular weight excluding hydrogens is 364 g/mol. The van der Waals surface area contributed by atoms with Gasteiger partial charge in [0.2, 0.25) is 5.89 Å². The van der Waals surface area contributed by atoms with E-state index in [4.69, 9.17) is 13.9 Å². The third kappa shape index (κ3) is 3.54. The topological polar surface area (TPSA) is 74.5 Å². The maximum absolute atomic E-state index is 12.5. The Hall–Kier alpha value is -3.19. The fourth-order valence-electron chi connectivity index (χ4n) is 2.62. The quantitative estimate of drug-likeness (QED) is 0.470. The van der Waals surface area contributed by atoms with E-state index in [0.717, 1.165) is 21.8 Å². The van der Waals surface area contributed by atoms with Gasteiger partial charge in [0.1, 0.15) is 21.2 Å². The van der Waals surface area contributed by atoms with Gasteiger partial charge in [0.15, 0.2) is 12.2 Å². The number of benzene rings is 2. The number of ether oxygens (including phenoxy) is 2. The van der Waals surface area contributed by atoms with E-state index in [9.17, 15) is 4.79 Å². The van der Waals surface area contributed by atoms with Gasteiger partial charge in [-0.2, -0.15) is 0 Å². The van der Waals surface area contributed by atoms with E-state index in [2.05, 4.69) is 9.97 Å². The van der Waals surface area contributed by atoms with Crippen LogP contribution in [0.15, 0.2) is 52.9 Å². The Kier molecular flexibility index (Phi) is 4.60. The van der Waals surface area contributed by atoms with Gasteiger partial charge in [-0.1, -0.05) is 12.1 Å². The van der Waals surface area contributed by atoms with Crippen molar-refractivity contribution in [2.75, 3.05) is 7.11 Å². The molecule has 0 bridgehead atoms. The molecule has 4 rings (SSSR count). The molecule has 0 amide bonds. The summed E-state index contributed by atoms with van der Waals surface area (Å²) in [5.74, 6) is 0.694. The van der Waals surface area contributed by atoms with Gasteiger partial charge < -0.3 is 13.9 Å². The van der Waals surface area contributed by atoms with Crippen molar-refractivity contribution >= 4 is 28.4 Å². The largest absolute Gasteiger partial charge is 0.497 e. The van der Waals surface area contributed by atoms with Crippen LogP contribution in [0.1, 0.15) is 21.3 Å². The number of aryl methyl sites for hydroxylation is 1. The second-order valence-electron chi connectivity index (χ2n) is 5.81. The number of esters is 1. The Morgan fingerprint density at radius 2 is 1.89 bits per heavy atom. The number of carbonyl (C=O) groups is 1. The number of methoxy groups -OCH3 is 1. The number of aromatic nitrogens is 2. The first-order valence-corrected chi connectivity index (χ1v) is 9.09. The van der Waals surface area contributed by atoms with E-state index in [1.165, 1.54) is 11.3 Å². The van der Waals surface area contributed by atoms with Gasteiger partial charge >= 0.3 is 5.97 Å². The van der Waals surface area contributed by atoms with Gasteiger partial charge in [0.05, 0.1) is 12.8 Å². The maximum atomic E-state index is 12.5. The Labute approximate surface area is 159 Å². The lowest BCUT2D eigenvalue weighted by Crippen LogP contribution is -2.05. The molecule has 2 aromatic carbocycles.